The molecule has 0 aliphatic heterocycles. The van der Waals surface area contributed by atoms with E-state index >= 15 is 0 Å². The molecule has 2 nitrogen and oxygen atoms in total. The fraction of sp³-hybridized carbons (Fsp3) is 0.0702. The minimum absolute atomic E-state index is 0.0528. The zero-order chi connectivity index (χ0) is 39.9. The van der Waals surface area contributed by atoms with Gasteiger partial charge in [0.2, 0.25) is 0 Å². The number of hydrogen-bond donors (Lipinski definition) is 1. The summed E-state index contributed by atoms with van der Waals surface area (Å²) in [5.74, 6) is 0.488. The van der Waals surface area contributed by atoms with Crippen LogP contribution >= 0.6 is 0 Å². The first-order chi connectivity index (χ1) is 28.9. The van der Waals surface area contributed by atoms with E-state index in [4.69, 9.17) is 10.7 Å². The van der Waals surface area contributed by atoms with Crippen LogP contribution in [0.25, 0.3) is 71.7 Å². The molecule has 0 heterocycles. The topological polar surface area (TPSA) is 38.4 Å². The molecule has 0 saturated heterocycles. The van der Waals surface area contributed by atoms with Crippen LogP contribution in [0.5, 0.6) is 0 Å². The molecular weight excluding hydrogens is 713 g/mol. The van der Waals surface area contributed by atoms with E-state index < -0.39 is 0 Å². The maximum Gasteiger partial charge on any atom is 0.131 e. The van der Waals surface area contributed by atoms with Gasteiger partial charge in [-0.05, 0) is 95.2 Å². The molecule has 0 aromatic heterocycles. The summed E-state index contributed by atoms with van der Waals surface area (Å²) in [6.07, 6.45) is 2.92. The Hall–Kier alpha value is -7.29. The summed E-state index contributed by atoms with van der Waals surface area (Å²) in [6.45, 7) is 4.68. The number of benzene rings is 9. The lowest BCUT2D eigenvalue weighted by atomic mass is 9.82. The third kappa shape index (κ3) is 6.53. The van der Waals surface area contributed by atoms with Crippen molar-refractivity contribution in [3.05, 3.63) is 234 Å². The van der Waals surface area contributed by atoms with Crippen LogP contribution < -0.4 is 5.73 Å². The molecule has 0 atom stereocenters. The first kappa shape index (κ1) is 36.1. The third-order valence-electron chi connectivity index (χ3n) is 12.2. The molecule has 282 valence electrons. The van der Waals surface area contributed by atoms with E-state index in [1.165, 1.54) is 77.4 Å². The van der Waals surface area contributed by atoms with Gasteiger partial charge in [-0.15, -0.1) is 0 Å². The lowest BCUT2D eigenvalue weighted by Crippen LogP contribution is -2.14. The summed E-state index contributed by atoms with van der Waals surface area (Å²) in [5.41, 5.74) is 23.4. The highest BCUT2D eigenvalue weighted by molar-refractivity contribution is 6.06. The molecule has 1 aliphatic carbocycles. The Morgan fingerprint density at radius 3 is 1.92 bits per heavy atom. The highest BCUT2D eigenvalue weighted by Gasteiger charge is 2.36. The van der Waals surface area contributed by atoms with Crippen molar-refractivity contribution in [3.63, 3.8) is 0 Å². The van der Waals surface area contributed by atoms with E-state index in [0.29, 0.717) is 12.3 Å². The van der Waals surface area contributed by atoms with Crippen LogP contribution in [-0.2, 0) is 11.8 Å². The zero-order valence-electron chi connectivity index (χ0n) is 33.4. The normalized spacial score (nSPS) is 13.4. The van der Waals surface area contributed by atoms with Gasteiger partial charge in [0.25, 0.3) is 0 Å². The molecule has 2 N–H and O–H groups in total. The van der Waals surface area contributed by atoms with E-state index in [-0.39, 0.29) is 5.41 Å². The predicted molar refractivity (Wildman–Crippen MR) is 251 cm³/mol. The van der Waals surface area contributed by atoms with Crippen molar-refractivity contribution in [1.82, 2.24) is 0 Å². The van der Waals surface area contributed by atoms with Gasteiger partial charge < -0.3 is 5.73 Å². The Morgan fingerprint density at radius 1 is 0.492 bits per heavy atom. The van der Waals surface area contributed by atoms with Crippen molar-refractivity contribution in [2.45, 2.75) is 25.7 Å². The quantitative estimate of drug-likeness (QED) is 0.122. The summed E-state index contributed by atoms with van der Waals surface area (Å²) in [4.78, 5) is 5.18. The second-order valence-corrected chi connectivity index (χ2v) is 16.1. The van der Waals surface area contributed by atoms with Gasteiger partial charge in [0.1, 0.15) is 5.84 Å². The SMILES string of the molecule is CC1(C)c2ccccc2-c2c(-c3cccc(-c4ccc(/C(=C/Cc5cccc(-c6cccc7ccccc67)c5)N=C(N)c5ccccc5)c5ccccc45)c3)cccc21. The molecule has 0 unspecified atom stereocenters. The lowest BCUT2D eigenvalue weighted by Gasteiger charge is -2.21. The monoisotopic (exact) mass is 756 g/mol. The number of allylic oxidation sites excluding steroid dienone is 1. The van der Waals surface area contributed by atoms with Gasteiger partial charge in [0.05, 0.1) is 5.70 Å². The molecule has 9 aromatic rings. The van der Waals surface area contributed by atoms with E-state index in [0.717, 1.165) is 22.2 Å². The molecule has 0 spiro atoms. The van der Waals surface area contributed by atoms with Gasteiger partial charge in [-0.1, -0.05) is 214 Å². The van der Waals surface area contributed by atoms with Gasteiger partial charge in [-0.2, -0.15) is 0 Å². The molecule has 0 saturated carbocycles. The van der Waals surface area contributed by atoms with Crippen molar-refractivity contribution >= 4 is 33.1 Å². The molecule has 2 heteroatoms. The maximum atomic E-state index is 6.79. The number of fused-ring (bicyclic) bond motifs is 5. The van der Waals surface area contributed by atoms with E-state index in [1.807, 2.05) is 30.3 Å². The standard InChI is InChI=1S/C57H44N2/c1-57(2)52-30-11-10-27-51(52)55-47(29-15-31-53(55)57)43-23-13-22-42(37-43)46-33-34-50(49-26-9-8-25-48(46)49)54(59-56(58)40-18-4-3-5-19-40)35-32-38-16-12-21-41(36-38)45-28-14-20-39-17-6-7-24-44(39)45/h3-31,33-37H,32H2,1-2H3,(H2,58,59)/b54-35-. The fourth-order valence-corrected chi connectivity index (χ4v) is 9.20. The number of hydrogen-bond acceptors (Lipinski definition) is 1. The predicted octanol–water partition coefficient (Wildman–Crippen LogP) is 14.3. The Morgan fingerprint density at radius 2 is 1.07 bits per heavy atom. The average Bonchev–Trinajstić information content (AvgIpc) is 3.53. The van der Waals surface area contributed by atoms with Crippen LogP contribution in [-0.4, -0.2) is 5.84 Å². The Kier molecular flexibility index (Phi) is 9.11. The van der Waals surface area contributed by atoms with Crippen molar-refractivity contribution in [3.8, 4) is 44.5 Å². The van der Waals surface area contributed by atoms with Crippen LogP contribution in [0.15, 0.2) is 211 Å². The van der Waals surface area contributed by atoms with Crippen molar-refractivity contribution in [2.75, 3.05) is 0 Å². The largest absolute Gasteiger partial charge is 0.383 e. The number of rotatable bonds is 8. The van der Waals surface area contributed by atoms with Gasteiger partial charge >= 0.3 is 0 Å². The number of amidine groups is 1. The van der Waals surface area contributed by atoms with Crippen LogP contribution in [0.2, 0.25) is 0 Å². The average molecular weight is 757 g/mol. The summed E-state index contributed by atoms with van der Waals surface area (Å²) < 4.78 is 0. The number of aliphatic imine (C=N–C) groups is 1. The lowest BCUT2D eigenvalue weighted by molar-refractivity contribution is 0.660. The van der Waals surface area contributed by atoms with E-state index in [2.05, 4.69) is 190 Å². The molecule has 10 rings (SSSR count). The van der Waals surface area contributed by atoms with Crippen LogP contribution in [0.4, 0.5) is 0 Å². The molecule has 1 aliphatic rings. The Bertz CT molecular complexity index is 3110. The van der Waals surface area contributed by atoms with Crippen molar-refractivity contribution < 1.29 is 0 Å². The first-order valence-corrected chi connectivity index (χ1v) is 20.5. The van der Waals surface area contributed by atoms with E-state index in [9.17, 15) is 0 Å². The summed E-state index contributed by atoms with van der Waals surface area (Å²) in [6, 6.07) is 71.9. The van der Waals surface area contributed by atoms with Gasteiger partial charge in [0.15, 0.2) is 0 Å². The minimum Gasteiger partial charge on any atom is -0.383 e. The molecular formula is C57H44N2. The highest BCUT2D eigenvalue weighted by atomic mass is 14.9. The van der Waals surface area contributed by atoms with Gasteiger partial charge in [-0.25, -0.2) is 4.99 Å². The smallest absolute Gasteiger partial charge is 0.131 e. The Balaban J connectivity index is 1.07. The summed E-state index contributed by atoms with van der Waals surface area (Å²) in [7, 11) is 0. The van der Waals surface area contributed by atoms with Crippen LogP contribution in [0.1, 0.15) is 41.7 Å². The fourth-order valence-electron chi connectivity index (χ4n) is 9.20. The highest BCUT2D eigenvalue weighted by Crippen LogP contribution is 2.52. The second-order valence-electron chi connectivity index (χ2n) is 16.1. The number of nitrogens with zero attached hydrogens (tertiary/aromatic N) is 1. The van der Waals surface area contributed by atoms with Crippen LogP contribution in [0.3, 0.4) is 0 Å². The third-order valence-corrected chi connectivity index (χ3v) is 12.2. The molecule has 0 radical (unpaired) electrons. The molecule has 0 bridgehead atoms. The molecule has 9 aromatic carbocycles. The van der Waals surface area contributed by atoms with Gasteiger partial charge in [0, 0.05) is 16.5 Å². The molecule has 0 fully saturated rings. The second kappa shape index (κ2) is 14.9. The summed E-state index contributed by atoms with van der Waals surface area (Å²) >= 11 is 0. The Labute approximate surface area is 346 Å². The van der Waals surface area contributed by atoms with Crippen molar-refractivity contribution in [2.24, 2.45) is 10.7 Å². The zero-order valence-corrected chi connectivity index (χ0v) is 33.4. The van der Waals surface area contributed by atoms with Gasteiger partial charge in [-0.3, -0.25) is 0 Å². The summed E-state index contributed by atoms with van der Waals surface area (Å²) in [5, 5.41) is 4.79. The van der Waals surface area contributed by atoms with Crippen molar-refractivity contribution in [1.29, 1.82) is 0 Å². The molecule has 59 heavy (non-hydrogen) atoms. The maximum absolute atomic E-state index is 6.79. The minimum atomic E-state index is -0.0528. The van der Waals surface area contributed by atoms with E-state index in [1.54, 1.807) is 0 Å². The molecule has 0 amide bonds. The number of nitrogens with two attached hydrogens (primary N) is 1. The first-order valence-electron chi connectivity index (χ1n) is 20.5. The van der Waals surface area contributed by atoms with Crippen LogP contribution in [0, 0.1) is 0 Å².